The molecule has 1 rings (SSSR count). The van der Waals surface area contributed by atoms with E-state index in [-0.39, 0.29) is 12.2 Å². The molecule has 1 aromatic rings. The van der Waals surface area contributed by atoms with Crippen LogP contribution in [-0.2, 0) is 11.2 Å². The molecule has 3 heteroatoms. The van der Waals surface area contributed by atoms with Gasteiger partial charge in [-0.1, -0.05) is 37.3 Å². The van der Waals surface area contributed by atoms with E-state index in [0.29, 0.717) is 13.2 Å². The first-order chi connectivity index (χ1) is 7.76. The fourth-order valence-corrected chi connectivity index (χ4v) is 1.78. The van der Waals surface area contributed by atoms with E-state index in [2.05, 4.69) is 19.1 Å². The normalized spacial score (nSPS) is 14.7. The van der Waals surface area contributed by atoms with Gasteiger partial charge in [-0.2, -0.15) is 0 Å². The quantitative estimate of drug-likeness (QED) is 0.733. The minimum Gasteiger partial charge on any atom is -0.394 e. The predicted molar refractivity (Wildman–Crippen MR) is 65.3 cm³/mol. The third kappa shape index (κ3) is 3.59. The van der Waals surface area contributed by atoms with Crippen molar-refractivity contribution in [1.29, 1.82) is 0 Å². The molecule has 0 heterocycles. The third-order valence-electron chi connectivity index (χ3n) is 2.88. The van der Waals surface area contributed by atoms with Crippen LogP contribution in [0, 0.1) is 0 Å². The highest BCUT2D eigenvalue weighted by Crippen LogP contribution is 2.20. The molecule has 0 saturated heterocycles. The topological polar surface area (TPSA) is 55.5 Å². The van der Waals surface area contributed by atoms with Gasteiger partial charge in [0.2, 0.25) is 0 Å². The maximum Gasteiger partial charge on any atom is 0.0842 e. The molecule has 0 bridgehead atoms. The zero-order chi connectivity index (χ0) is 11.9. The fourth-order valence-electron chi connectivity index (χ4n) is 1.78. The van der Waals surface area contributed by atoms with E-state index in [1.807, 2.05) is 18.2 Å². The van der Waals surface area contributed by atoms with Gasteiger partial charge in [0.15, 0.2) is 0 Å². The van der Waals surface area contributed by atoms with Crippen LogP contribution in [0.15, 0.2) is 30.3 Å². The molecule has 0 aliphatic heterocycles. The molecule has 0 fully saturated rings. The smallest absolute Gasteiger partial charge is 0.0842 e. The van der Waals surface area contributed by atoms with E-state index < -0.39 is 0 Å². The summed E-state index contributed by atoms with van der Waals surface area (Å²) in [6, 6.07) is 10.2. The average Bonchev–Trinajstić information content (AvgIpc) is 2.36. The number of benzene rings is 1. The molecular formula is C13H21NO2. The number of rotatable bonds is 7. The van der Waals surface area contributed by atoms with Crippen LogP contribution in [0.25, 0.3) is 0 Å². The molecule has 1 atom stereocenters. The molecule has 90 valence electrons. The first-order valence-corrected chi connectivity index (χ1v) is 5.75. The Morgan fingerprint density at radius 3 is 2.50 bits per heavy atom. The number of hydrogen-bond acceptors (Lipinski definition) is 3. The highest BCUT2D eigenvalue weighted by atomic mass is 16.5. The van der Waals surface area contributed by atoms with Crippen LogP contribution < -0.4 is 5.73 Å². The zero-order valence-corrected chi connectivity index (χ0v) is 9.86. The van der Waals surface area contributed by atoms with Crippen molar-refractivity contribution in [3.05, 3.63) is 35.9 Å². The second-order valence-corrected chi connectivity index (χ2v) is 3.98. The van der Waals surface area contributed by atoms with Crippen molar-refractivity contribution in [2.24, 2.45) is 5.73 Å². The van der Waals surface area contributed by atoms with E-state index in [4.69, 9.17) is 15.6 Å². The van der Waals surface area contributed by atoms with Crippen LogP contribution in [0.3, 0.4) is 0 Å². The Hall–Kier alpha value is -0.900. The van der Waals surface area contributed by atoms with Gasteiger partial charge in [-0.05, 0) is 12.0 Å². The van der Waals surface area contributed by atoms with E-state index in [0.717, 1.165) is 12.8 Å². The molecule has 3 nitrogen and oxygen atoms in total. The Labute approximate surface area is 97.2 Å². The summed E-state index contributed by atoms with van der Waals surface area (Å²) in [5, 5.41) is 8.82. The van der Waals surface area contributed by atoms with Crippen molar-refractivity contribution in [3.8, 4) is 0 Å². The van der Waals surface area contributed by atoms with Crippen molar-refractivity contribution >= 4 is 0 Å². The Balaban J connectivity index is 2.70. The van der Waals surface area contributed by atoms with Crippen LogP contribution in [0.1, 0.15) is 18.9 Å². The molecule has 3 N–H and O–H groups in total. The summed E-state index contributed by atoms with van der Waals surface area (Å²) in [5.41, 5.74) is 6.67. The lowest BCUT2D eigenvalue weighted by atomic mass is 9.91. The molecule has 1 unspecified atom stereocenters. The van der Waals surface area contributed by atoms with Crippen molar-refractivity contribution in [3.63, 3.8) is 0 Å². The number of nitrogens with two attached hydrogens (primary N) is 1. The maximum atomic E-state index is 8.82. The fraction of sp³-hybridized carbons (Fsp3) is 0.538. The molecule has 16 heavy (non-hydrogen) atoms. The molecule has 0 amide bonds. The lowest BCUT2D eigenvalue weighted by molar-refractivity contribution is -0.0541. The number of aliphatic hydroxyl groups excluding tert-OH is 1. The van der Waals surface area contributed by atoms with Crippen LogP contribution in [-0.4, -0.2) is 30.5 Å². The molecule has 0 aliphatic carbocycles. The largest absolute Gasteiger partial charge is 0.394 e. The van der Waals surface area contributed by atoms with E-state index >= 15 is 0 Å². The van der Waals surface area contributed by atoms with Gasteiger partial charge in [0.25, 0.3) is 0 Å². The highest BCUT2D eigenvalue weighted by Gasteiger charge is 2.27. The minimum atomic E-state index is -0.343. The van der Waals surface area contributed by atoms with Gasteiger partial charge in [0.1, 0.15) is 0 Å². The molecule has 0 saturated carbocycles. The second kappa shape index (κ2) is 6.63. The summed E-state index contributed by atoms with van der Waals surface area (Å²) in [5.74, 6) is 0. The van der Waals surface area contributed by atoms with E-state index in [9.17, 15) is 0 Å². The van der Waals surface area contributed by atoms with E-state index in [1.54, 1.807) is 0 Å². The molecular weight excluding hydrogens is 202 g/mol. The van der Waals surface area contributed by atoms with Gasteiger partial charge in [-0.15, -0.1) is 0 Å². The SMILES string of the molecule is CCC(CN)(Cc1ccccc1)OCCO. The molecule has 0 radical (unpaired) electrons. The van der Waals surface area contributed by atoms with Crippen LogP contribution in [0.5, 0.6) is 0 Å². The highest BCUT2D eigenvalue weighted by molar-refractivity contribution is 5.17. The van der Waals surface area contributed by atoms with E-state index in [1.165, 1.54) is 5.56 Å². The number of aliphatic hydroxyl groups is 1. The first-order valence-electron chi connectivity index (χ1n) is 5.75. The summed E-state index contributed by atoms with van der Waals surface area (Å²) < 4.78 is 5.71. The maximum absolute atomic E-state index is 8.82. The van der Waals surface area contributed by atoms with Gasteiger partial charge >= 0.3 is 0 Å². The molecule has 1 aromatic carbocycles. The third-order valence-corrected chi connectivity index (χ3v) is 2.88. The standard InChI is InChI=1S/C13H21NO2/c1-2-13(11-14,16-9-8-15)10-12-6-4-3-5-7-12/h3-7,15H,2,8-11,14H2,1H3. The zero-order valence-electron chi connectivity index (χ0n) is 9.86. The number of hydrogen-bond donors (Lipinski definition) is 2. The molecule has 0 spiro atoms. The monoisotopic (exact) mass is 223 g/mol. The minimum absolute atomic E-state index is 0.0382. The summed E-state index contributed by atoms with van der Waals surface area (Å²) >= 11 is 0. The molecule has 0 aromatic heterocycles. The Bertz CT molecular complexity index is 283. The lowest BCUT2D eigenvalue weighted by Crippen LogP contribution is -2.43. The van der Waals surface area contributed by atoms with Crippen molar-refractivity contribution in [2.75, 3.05) is 19.8 Å². The summed E-state index contributed by atoms with van der Waals surface area (Å²) in [6.07, 6.45) is 1.64. The number of ether oxygens (including phenoxy) is 1. The van der Waals surface area contributed by atoms with Gasteiger partial charge in [0.05, 0.1) is 18.8 Å². The van der Waals surface area contributed by atoms with Crippen LogP contribution in [0.2, 0.25) is 0 Å². The van der Waals surface area contributed by atoms with Crippen molar-refractivity contribution in [1.82, 2.24) is 0 Å². The summed E-state index contributed by atoms with van der Waals surface area (Å²) in [4.78, 5) is 0. The van der Waals surface area contributed by atoms with Crippen LogP contribution >= 0.6 is 0 Å². The lowest BCUT2D eigenvalue weighted by Gasteiger charge is -2.31. The van der Waals surface area contributed by atoms with Crippen molar-refractivity contribution in [2.45, 2.75) is 25.4 Å². The first kappa shape index (κ1) is 13.2. The van der Waals surface area contributed by atoms with Gasteiger partial charge in [0, 0.05) is 13.0 Å². The Morgan fingerprint density at radius 1 is 1.31 bits per heavy atom. The van der Waals surface area contributed by atoms with Crippen molar-refractivity contribution < 1.29 is 9.84 Å². The van der Waals surface area contributed by atoms with Gasteiger partial charge < -0.3 is 15.6 Å². The average molecular weight is 223 g/mol. The molecule has 0 aliphatic rings. The van der Waals surface area contributed by atoms with Gasteiger partial charge in [-0.25, -0.2) is 0 Å². The Kier molecular flexibility index (Phi) is 5.46. The van der Waals surface area contributed by atoms with Crippen LogP contribution in [0.4, 0.5) is 0 Å². The Morgan fingerprint density at radius 2 is 2.00 bits per heavy atom. The predicted octanol–water partition coefficient (Wildman–Crippen LogP) is 1.35. The summed E-state index contributed by atoms with van der Waals surface area (Å²) in [7, 11) is 0. The summed E-state index contributed by atoms with van der Waals surface area (Å²) in [6.45, 7) is 2.92. The second-order valence-electron chi connectivity index (χ2n) is 3.98. The van der Waals surface area contributed by atoms with Gasteiger partial charge in [-0.3, -0.25) is 0 Å².